The first-order valence-electron chi connectivity index (χ1n) is 22.4. The van der Waals surface area contributed by atoms with Crippen LogP contribution < -0.4 is 5.73 Å². The third-order valence-electron chi connectivity index (χ3n) is 12.1. The van der Waals surface area contributed by atoms with Crippen LogP contribution in [0.4, 0.5) is 4.39 Å². The summed E-state index contributed by atoms with van der Waals surface area (Å²) < 4.78 is 38.5. The fourth-order valence-corrected chi connectivity index (χ4v) is 7.91. The molecule has 3 aliphatic rings. The average molecular weight is 942 g/mol. The summed E-state index contributed by atoms with van der Waals surface area (Å²) in [6, 6.07) is -1.20. The Morgan fingerprint density at radius 2 is 1.26 bits per heavy atom. The van der Waals surface area contributed by atoms with Gasteiger partial charge in [0.25, 0.3) is 0 Å². The number of hydrogen-bond donors (Lipinski definition) is 12. The fourth-order valence-electron chi connectivity index (χ4n) is 7.91. The number of cyclic esters (lactones) is 1. The van der Waals surface area contributed by atoms with Crippen LogP contribution in [0.1, 0.15) is 72.6 Å². The lowest BCUT2D eigenvalue weighted by Crippen LogP contribution is -2.64. The zero-order valence-electron chi connectivity index (χ0n) is 37.8. The van der Waals surface area contributed by atoms with Crippen LogP contribution in [0, 0.1) is 17.8 Å². The molecule has 3 heterocycles. The Hall–Kier alpha value is -3.51. The summed E-state index contributed by atoms with van der Waals surface area (Å²) in [4.78, 5) is 25.1. The van der Waals surface area contributed by atoms with E-state index in [2.05, 4.69) is 0 Å². The molecule has 0 radical (unpaired) electrons. The van der Waals surface area contributed by atoms with Gasteiger partial charge < -0.3 is 80.9 Å². The van der Waals surface area contributed by atoms with Crippen LogP contribution in [-0.4, -0.2) is 172 Å². The fraction of sp³-hybridized carbons (Fsp3) is 0.660. The summed E-state index contributed by atoms with van der Waals surface area (Å²) in [5, 5.41) is 118. The number of fused-ring (bicyclic) bond motifs is 2. The number of allylic oxidation sites excluding steroid dienone is 12. The van der Waals surface area contributed by atoms with E-state index in [0.29, 0.717) is 0 Å². The van der Waals surface area contributed by atoms with E-state index in [1.54, 1.807) is 86.8 Å². The van der Waals surface area contributed by atoms with Gasteiger partial charge in [0, 0.05) is 31.1 Å². The van der Waals surface area contributed by atoms with E-state index in [1.807, 2.05) is 6.92 Å². The normalized spacial score (nSPS) is 46.1. The number of rotatable bonds is 3. The molecular formula is C47H72FNO17. The van der Waals surface area contributed by atoms with E-state index in [9.17, 15) is 65.8 Å². The number of halogens is 1. The largest absolute Gasteiger partial charge is 0.481 e. The maximum atomic E-state index is 15.8. The first kappa shape index (κ1) is 56.8. The van der Waals surface area contributed by atoms with Gasteiger partial charge in [0.15, 0.2) is 12.5 Å². The van der Waals surface area contributed by atoms with Crippen LogP contribution in [0.25, 0.3) is 0 Å². The first-order chi connectivity index (χ1) is 31.1. The summed E-state index contributed by atoms with van der Waals surface area (Å²) in [5.41, 5.74) is 5.99. The van der Waals surface area contributed by atoms with E-state index >= 15 is 4.39 Å². The van der Waals surface area contributed by atoms with Crippen LogP contribution >= 0.6 is 0 Å². The standard InChI is InChI=1S/C47H72FNO17/c1-26-17-15-13-11-9-7-5-6-8-10-12-14-16-18-33(65-46-43(59)39(49)41(57)29(4)64-46)24-36-38(45(60)61)42(58)44(48)47(62,66-36)25-32(52)22-35(54)34(53)20-19-30(50)21-31(51)23-37(55)63-28(3)27(2)40(26)56/h5-18,26-36,38-44,46,50-54,56-59,62H,19-25,49H2,1-4H3,(H,60,61)/b6-5-,9-7-,10-8-,13-11-,14-12-,17-15-,18-16+/t26-,27-,28-,29?,30+,31+,32-,33-,34+,35+,36-,38-,39?,40+,41?,42+,43?,44-,46?,47+/m0/s1. The van der Waals surface area contributed by atoms with Gasteiger partial charge in [-0.2, -0.15) is 0 Å². The van der Waals surface area contributed by atoms with Crippen molar-refractivity contribution in [1.82, 2.24) is 0 Å². The van der Waals surface area contributed by atoms with Crippen molar-refractivity contribution >= 4 is 11.9 Å². The van der Waals surface area contributed by atoms with E-state index in [4.69, 9.17) is 24.7 Å². The molecule has 0 aromatic carbocycles. The number of carbonyl (C=O) groups is 2. The second-order valence-electron chi connectivity index (χ2n) is 17.6. The average Bonchev–Trinajstić information content (AvgIpc) is 3.24. The lowest BCUT2D eigenvalue weighted by molar-refractivity contribution is -0.334. The Morgan fingerprint density at radius 3 is 1.83 bits per heavy atom. The Bertz CT molecular complexity index is 1710. The van der Waals surface area contributed by atoms with E-state index in [1.165, 1.54) is 19.1 Å². The number of aliphatic hydroxyl groups is 10. The van der Waals surface area contributed by atoms with Crippen molar-refractivity contribution in [3.05, 3.63) is 85.1 Å². The summed E-state index contributed by atoms with van der Waals surface area (Å²) in [6.07, 6.45) is -2.09. The summed E-state index contributed by atoms with van der Waals surface area (Å²) in [7, 11) is 0. The molecule has 2 fully saturated rings. The SMILES string of the molecule is CC1OC(O[C@H]2/C=C/C=C\C=C/C=C\C=C/C=C\C=C/[C@H](C)[C@@H](O)[C@@H](C)[C@H](C)OC(=O)C[C@H](O)C[C@H](O)CC[C@@H](O)[C@H](O)C[C@H](O)C[C@@]3(O)O[C@@H](C2)[C@H](C(=O)O)[C@@H](O)[C@@H]3F)C(O)C(N)C1O. The van der Waals surface area contributed by atoms with Crippen LogP contribution in [-0.2, 0) is 28.5 Å². The van der Waals surface area contributed by atoms with Gasteiger partial charge in [0.2, 0.25) is 5.79 Å². The summed E-state index contributed by atoms with van der Waals surface area (Å²) in [5.74, 6) is -8.24. The molecule has 374 valence electrons. The molecule has 5 unspecified atom stereocenters. The van der Waals surface area contributed by atoms with Gasteiger partial charge in [0.05, 0.1) is 73.5 Å². The third kappa shape index (κ3) is 17.5. The van der Waals surface area contributed by atoms with Crippen molar-refractivity contribution in [3.63, 3.8) is 0 Å². The van der Waals surface area contributed by atoms with Crippen molar-refractivity contribution in [3.8, 4) is 0 Å². The highest BCUT2D eigenvalue weighted by Gasteiger charge is 2.57. The predicted molar refractivity (Wildman–Crippen MR) is 237 cm³/mol. The maximum absolute atomic E-state index is 15.8. The molecular weight excluding hydrogens is 870 g/mol. The Morgan fingerprint density at radius 1 is 0.697 bits per heavy atom. The zero-order chi connectivity index (χ0) is 49.3. The van der Waals surface area contributed by atoms with Gasteiger partial charge in [-0.1, -0.05) is 98.9 Å². The van der Waals surface area contributed by atoms with Crippen molar-refractivity contribution in [2.45, 2.75) is 176 Å². The molecule has 2 saturated heterocycles. The molecule has 13 N–H and O–H groups in total. The smallest absolute Gasteiger partial charge is 0.311 e. The van der Waals surface area contributed by atoms with Gasteiger partial charge in [-0.25, -0.2) is 4.39 Å². The lowest BCUT2D eigenvalue weighted by atomic mass is 9.81. The molecule has 3 aliphatic heterocycles. The highest BCUT2D eigenvalue weighted by Crippen LogP contribution is 2.40. The Kier molecular flexibility index (Phi) is 23.7. The Balaban J connectivity index is 1.89. The number of alkyl halides is 1. The molecule has 0 saturated carbocycles. The molecule has 3 rings (SSSR count). The molecule has 0 amide bonds. The first-order valence-corrected chi connectivity index (χ1v) is 22.4. The summed E-state index contributed by atoms with van der Waals surface area (Å²) >= 11 is 0. The summed E-state index contributed by atoms with van der Waals surface area (Å²) in [6.45, 7) is 6.65. The van der Waals surface area contributed by atoms with Crippen molar-refractivity contribution in [2.75, 3.05) is 0 Å². The topological polar surface area (TPSA) is 320 Å². The minimum absolute atomic E-state index is 0.170. The van der Waals surface area contributed by atoms with Crippen LogP contribution in [0.3, 0.4) is 0 Å². The number of aliphatic carboxylic acids is 1. The second kappa shape index (κ2) is 27.5. The number of carbonyl (C=O) groups excluding carboxylic acids is 1. The molecule has 2 bridgehead atoms. The highest BCUT2D eigenvalue weighted by atomic mass is 19.1. The second-order valence-corrected chi connectivity index (χ2v) is 17.6. The minimum Gasteiger partial charge on any atom is -0.481 e. The van der Waals surface area contributed by atoms with E-state index < -0.39 is 153 Å². The molecule has 18 nitrogen and oxygen atoms in total. The van der Waals surface area contributed by atoms with Gasteiger partial charge >= 0.3 is 11.9 Å². The molecule has 0 aliphatic carbocycles. The number of hydrogen-bond acceptors (Lipinski definition) is 17. The molecule has 0 aromatic rings. The highest BCUT2D eigenvalue weighted by molar-refractivity contribution is 5.72. The van der Waals surface area contributed by atoms with Crippen molar-refractivity contribution < 1.29 is 89.1 Å². The van der Waals surface area contributed by atoms with Crippen LogP contribution in [0.2, 0.25) is 0 Å². The van der Waals surface area contributed by atoms with Crippen LogP contribution in [0.5, 0.6) is 0 Å². The number of nitrogens with two attached hydrogens (primary N) is 1. The number of aliphatic hydroxyl groups excluding tert-OH is 9. The van der Waals surface area contributed by atoms with Crippen molar-refractivity contribution in [2.24, 2.45) is 23.5 Å². The number of carboxylic acids is 1. The number of carboxylic acid groups (broad SMARTS) is 1. The third-order valence-corrected chi connectivity index (χ3v) is 12.1. The number of ether oxygens (including phenoxy) is 4. The van der Waals surface area contributed by atoms with Gasteiger partial charge in [-0.05, 0) is 33.1 Å². The molecule has 66 heavy (non-hydrogen) atoms. The zero-order valence-corrected chi connectivity index (χ0v) is 37.8. The maximum Gasteiger partial charge on any atom is 0.311 e. The molecule has 0 aromatic heterocycles. The van der Waals surface area contributed by atoms with Gasteiger partial charge in [-0.3, -0.25) is 9.59 Å². The van der Waals surface area contributed by atoms with Crippen molar-refractivity contribution in [1.29, 1.82) is 0 Å². The molecule has 19 heteroatoms. The van der Waals surface area contributed by atoms with Crippen LogP contribution in [0.15, 0.2) is 85.1 Å². The van der Waals surface area contributed by atoms with Gasteiger partial charge in [-0.15, -0.1) is 0 Å². The monoisotopic (exact) mass is 941 g/mol. The molecule has 20 atom stereocenters. The minimum atomic E-state index is -3.03. The number of esters is 1. The van der Waals surface area contributed by atoms with E-state index in [0.717, 1.165) is 0 Å². The Labute approximate surface area is 385 Å². The quantitative estimate of drug-likeness (QED) is 0.173. The lowest BCUT2D eigenvalue weighted by Gasteiger charge is -2.47. The van der Waals surface area contributed by atoms with E-state index in [-0.39, 0.29) is 25.2 Å². The molecule has 0 spiro atoms. The van der Waals surface area contributed by atoms with Gasteiger partial charge in [0.1, 0.15) is 24.2 Å². The predicted octanol–water partition coefficient (Wildman–Crippen LogP) is 0.660.